The van der Waals surface area contributed by atoms with Crippen molar-refractivity contribution in [3.63, 3.8) is 0 Å². The molecule has 0 saturated carbocycles. The average molecular weight is 109 g/mol. The number of aromatic amines is 1. The molecule has 0 spiro atoms. The lowest BCUT2D eigenvalue weighted by atomic mass is 10.2. The van der Waals surface area contributed by atoms with E-state index in [0.29, 0.717) is 0 Å². The van der Waals surface area contributed by atoms with E-state index in [0.717, 1.165) is 6.42 Å². The van der Waals surface area contributed by atoms with Gasteiger partial charge in [0.2, 0.25) is 0 Å². The summed E-state index contributed by atoms with van der Waals surface area (Å²) in [5.41, 5.74) is 2.72. The van der Waals surface area contributed by atoms with Crippen molar-refractivity contribution >= 4 is 0 Å². The van der Waals surface area contributed by atoms with Gasteiger partial charge in [0.05, 0.1) is 0 Å². The molecule has 44 valence electrons. The van der Waals surface area contributed by atoms with Crippen LogP contribution >= 0.6 is 0 Å². The van der Waals surface area contributed by atoms with E-state index < -0.39 is 0 Å². The van der Waals surface area contributed by atoms with Gasteiger partial charge in [0.25, 0.3) is 0 Å². The minimum Gasteiger partial charge on any atom is -0.365 e. The van der Waals surface area contributed by atoms with E-state index in [2.05, 4.69) is 24.9 Å². The van der Waals surface area contributed by atoms with E-state index in [1.165, 1.54) is 11.3 Å². The Hall–Kier alpha value is -0.720. The van der Waals surface area contributed by atoms with Crippen LogP contribution in [0.25, 0.3) is 0 Å². The molecular formula is C7H11N. The summed E-state index contributed by atoms with van der Waals surface area (Å²) in [5, 5.41) is 0. The Balaban J connectivity index is 2.92. The van der Waals surface area contributed by atoms with Crippen LogP contribution in [0.3, 0.4) is 0 Å². The zero-order valence-corrected chi connectivity index (χ0v) is 5.36. The molecule has 0 amide bonds. The van der Waals surface area contributed by atoms with Crippen LogP contribution in [0.15, 0.2) is 12.3 Å². The second-order valence-corrected chi connectivity index (χ2v) is 1.99. The highest BCUT2D eigenvalue weighted by Gasteiger charge is 1.91. The molecule has 1 N–H and O–H groups in total. The van der Waals surface area contributed by atoms with Crippen molar-refractivity contribution in [3.05, 3.63) is 23.5 Å². The van der Waals surface area contributed by atoms with Gasteiger partial charge in [-0.2, -0.15) is 0 Å². The lowest BCUT2D eigenvalue weighted by Gasteiger charge is -1.89. The lowest BCUT2D eigenvalue weighted by Crippen LogP contribution is -1.79. The van der Waals surface area contributed by atoms with Gasteiger partial charge < -0.3 is 4.98 Å². The predicted octanol–water partition coefficient (Wildman–Crippen LogP) is 1.89. The molecule has 1 aromatic rings. The molecule has 0 radical (unpaired) electrons. The Labute approximate surface area is 49.7 Å². The largest absolute Gasteiger partial charge is 0.365 e. The van der Waals surface area contributed by atoms with Gasteiger partial charge in [0.15, 0.2) is 0 Å². The summed E-state index contributed by atoms with van der Waals surface area (Å²) < 4.78 is 0. The standard InChI is InChI=1S/C7H11N/c1-3-7-6(2)4-5-8-7/h4-5,8H,3H2,1-2H3. The maximum atomic E-state index is 3.16. The molecule has 0 fully saturated rings. The quantitative estimate of drug-likeness (QED) is 0.566. The molecule has 1 heterocycles. The van der Waals surface area contributed by atoms with Crippen molar-refractivity contribution in [2.24, 2.45) is 0 Å². The number of hydrogen-bond donors (Lipinski definition) is 1. The first-order valence-electron chi connectivity index (χ1n) is 2.97. The van der Waals surface area contributed by atoms with Gasteiger partial charge in [-0.15, -0.1) is 0 Å². The average Bonchev–Trinajstić information content (AvgIpc) is 2.14. The molecule has 1 heteroatoms. The topological polar surface area (TPSA) is 15.8 Å². The second-order valence-electron chi connectivity index (χ2n) is 1.99. The van der Waals surface area contributed by atoms with E-state index in [-0.39, 0.29) is 0 Å². The highest BCUT2D eigenvalue weighted by atomic mass is 14.7. The molecule has 0 unspecified atom stereocenters. The van der Waals surface area contributed by atoms with Crippen LogP contribution in [-0.4, -0.2) is 4.98 Å². The zero-order valence-electron chi connectivity index (χ0n) is 5.36. The molecule has 0 aliphatic rings. The Morgan fingerprint density at radius 2 is 2.38 bits per heavy atom. The molecule has 1 aromatic heterocycles. The van der Waals surface area contributed by atoms with Crippen LogP contribution in [0.4, 0.5) is 0 Å². The van der Waals surface area contributed by atoms with E-state index in [1.54, 1.807) is 0 Å². The summed E-state index contributed by atoms with van der Waals surface area (Å²) in [4.78, 5) is 3.16. The first kappa shape index (κ1) is 5.42. The third-order valence-corrected chi connectivity index (χ3v) is 1.42. The summed E-state index contributed by atoms with van der Waals surface area (Å²) in [6, 6.07) is 2.10. The van der Waals surface area contributed by atoms with E-state index in [4.69, 9.17) is 0 Å². The smallest absolute Gasteiger partial charge is 0.0174 e. The van der Waals surface area contributed by atoms with Crippen LogP contribution in [0, 0.1) is 6.92 Å². The Kier molecular flexibility index (Phi) is 1.38. The first-order chi connectivity index (χ1) is 3.84. The summed E-state index contributed by atoms with van der Waals surface area (Å²) in [6.07, 6.45) is 3.09. The number of H-pyrrole nitrogens is 1. The van der Waals surface area contributed by atoms with Gasteiger partial charge in [-0.25, -0.2) is 0 Å². The van der Waals surface area contributed by atoms with Crippen molar-refractivity contribution in [2.75, 3.05) is 0 Å². The molecule has 0 aliphatic heterocycles. The van der Waals surface area contributed by atoms with Crippen LogP contribution < -0.4 is 0 Å². The van der Waals surface area contributed by atoms with Crippen LogP contribution in [0.2, 0.25) is 0 Å². The molecule has 0 atom stereocenters. The minimum atomic E-state index is 1.11. The maximum Gasteiger partial charge on any atom is 0.0174 e. The van der Waals surface area contributed by atoms with Crippen LogP contribution in [0.5, 0.6) is 0 Å². The highest BCUT2D eigenvalue weighted by Crippen LogP contribution is 2.03. The number of hydrogen-bond acceptors (Lipinski definition) is 0. The van der Waals surface area contributed by atoms with Crippen molar-refractivity contribution < 1.29 is 0 Å². The van der Waals surface area contributed by atoms with Crippen molar-refractivity contribution in [2.45, 2.75) is 20.3 Å². The van der Waals surface area contributed by atoms with E-state index in [1.807, 2.05) is 6.20 Å². The Bertz CT molecular complexity index is 165. The molecule has 1 rings (SSSR count). The third kappa shape index (κ3) is 0.760. The van der Waals surface area contributed by atoms with Crippen molar-refractivity contribution in [3.8, 4) is 0 Å². The second kappa shape index (κ2) is 2.03. The molecule has 0 bridgehead atoms. The summed E-state index contributed by atoms with van der Waals surface area (Å²) in [7, 11) is 0. The molecule has 0 saturated heterocycles. The monoisotopic (exact) mass is 109 g/mol. The van der Waals surface area contributed by atoms with E-state index >= 15 is 0 Å². The van der Waals surface area contributed by atoms with Gasteiger partial charge in [-0.1, -0.05) is 6.92 Å². The van der Waals surface area contributed by atoms with Gasteiger partial charge in [-0.05, 0) is 25.0 Å². The Morgan fingerprint density at radius 1 is 1.62 bits per heavy atom. The third-order valence-electron chi connectivity index (χ3n) is 1.42. The van der Waals surface area contributed by atoms with Gasteiger partial charge in [0, 0.05) is 11.9 Å². The summed E-state index contributed by atoms with van der Waals surface area (Å²) in [6.45, 7) is 4.27. The highest BCUT2D eigenvalue weighted by molar-refractivity contribution is 5.17. The van der Waals surface area contributed by atoms with Crippen LogP contribution in [-0.2, 0) is 6.42 Å². The number of aryl methyl sites for hydroxylation is 2. The molecule has 0 aliphatic carbocycles. The van der Waals surface area contributed by atoms with Gasteiger partial charge in [0.1, 0.15) is 0 Å². The molecular weight excluding hydrogens is 98.1 g/mol. The zero-order chi connectivity index (χ0) is 5.98. The fourth-order valence-corrected chi connectivity index (χ4v) is 0.863. The fourth-order valence-electron chi connectivity index (χ4n) is 0.863. The molecule has 1 nitrogen and oxygen atoms in total. The lowest BCUT2D eigenvalue weighted by molar-refractivity contribution is 1.04. The number of aromatic nitrogens is 1. The van der Waals surface area contributed by atoms with Gasteiger partial charge >= 0.3 is 0 Å². The van der Waals surface area contributed by atoms with Crippen LogP contribution in [0.1, 0.15) is 18.2 Å². The predicted molar refractivity (Wildman–Crippen MR) is 34.9 cm³/mol. The first-order valence-corrected chi connectivity index (χ1v) is 2.97. The van der Waals surface area contributed by atoms with Crippen molar-refractivity contribution in [1.29, 1.82) is 0 Å². The Morgan fingerprint density at radius 3 is 2.62 bits per heavy atom. The van der Waals surface area contributed by atoms with Crippen molar-refractivity contribution in [1.82, 2.24) is 4.98 Å². The SMILES string of the molecule is CCc1[nH]ccc1C. The summed E-state index contributed by atoms with van der Waals surface area (Å²) in [5.74, 6) is 0. The van der Waals surface area contributed by atoms with Gasteiger partial charge in [-0.3, -0.25) is 0 Å². The summed E-state index contributed by atoms with van der Waals surface area (Å²) >= 11 is 0. The maximum absolute atomic E-state index is 3.16. The number of nitrogens with one attached hydrogen (secondary N) is 1. The molecule has 0 aromatic carbocycles. The van der Waals surface area contributed by atoms with E-state index in [9.17, 15) is 0 Å². The fraction of sp³-hybridized carbons (Fsp3) is 0.429. The minimum absolute atomic E-state index is 1.11. The molecule has 8 heavy (non-hydrogen) atoms. The number of rotatable bonds is 1. The normalized spacial score (nSPS) is 9.75.